The van der Waals surface area contributed by atoms with E-state index in [0.29, 0.717) is 6.42 Å². The van der Waals surface area contributed by atoms with Crippen LogP contribution in [0.25, 0.3) is 6.08 Å². The lowest BCUT2D eigenvalue weighted by Crippen LogP contribution is -2.39. The summed E-state index contributed by atoms with van der Waals surface area (Å²) in [6, 6.07) is 5.43. The van der Waals surface area contributed by atoms with Crippen molar-refractivity contribution in [1.29, 1.82) is 0 Å². The number of phenolic OH excluding ortho intramolecular Hbond substituents is 1. The summed E-state index contributed by atoms with van der Waals surface area (Å²) < 4.78 is 0. The minimum atomic E-state index is -1.05. The molecule has 0 saturated heterocycles. The Kier molecular flexibility index (Phi) is 4.92. The number of hydrogen-bond donors (Lipinski definition) is 3. The summed E-state index contributed by atoms with van der Waals surface area (Å²) >= 11 is 0. The van der Waals surface area contributed by atoms with E-state index in [0.717, 1.165) is 5.56 Å². The van der Waals surface area contributed by atoms with Gasteiger partial charge in [-0.05, 0) is 30.2 Å². The van der Waals surface area contributed by atoms with Gasteiger partial charge >= 0.3 is 5.97 Å². The summed E-state index contributed by atoms with van der Waals surface area (Å²) in [6.45, 7) is 1.68. The monoisotopic (exact) mass is 249 g/mol. The third-order valence-corrected chi connectivity index (χ3v) is 2.34. The predicted octanol–water partition coefficient (Wildman–Crippen LogP) is 1.38. The molecule has 1 rings (SSSR count). The molecule has 3 N–H and O–H groups in total. The van der Waals surface area contributed by atoms with Crippen LogP contribution in [-0.2, 0) is 9.59 Å². The number of carbonyl (C=O) groups excluding carboxylic acids is 1. The molecule has 0 spiro atoms. The van der Waals surface area contributed by atoms with Crippen molar-refractivity contribution in [1.82, 2.24) is 5.32 Å². The number of hydrogen-bond acceptors (Lipinski definition) is 3. The molecule has 0 aliphatic rings. The first-order valence-corrected chi connectivity index (χ1v) is 5.53. The van der Waals surface area contributed by atoms with E-state index in [4.69, 9.17) is 10.2 Å². The Morgan fingerprint density at radius 3 is 2.44 bits per heavy atom. The smallest absolute Gasteiger partial charge is 0.326 e. The van der Waals surface area contributed by atoms with E-state index < -0.39 is 17.9 Å². The van der Waals surface area contributed by atoms with E-state index >= 15 is 0 Å². The maximum atomic E-state index is 11.4. The average Bonchev–Trinajstić information content (AvgIpc) is 2.35. The molecule has 1 aromatic rings. The lowest BCUT2D eigenvalue weighted by molar-refractivity contribution is -0.141. The van der Waals surface area contributed by atoms with E-state index in [1.165, 1.54) is 18.2 Å². The second-order valence-corrected chi connectivity index (χ2v) is 3.73. The van der Waals surface area contributed by atoms with Crippen LogP contribution in [0, 0.1) is 0 Å². The fraction of sp³-hybridized carbons (Fsp3) is 0.231. The van der Waals surface area contributed by atoms with Crippen LogP contribution in [0.2, 0.25) is 0 Å². The number of rotatable bonds is 5. The van der Waals surface area contributed by atoms with Crippen LogP contribution in [-0.4, -0.2) is 28.1 Å². The van der Waals surface area contributed by atoms with Crippen LogP contribution in [0.15, 0.2) is 30.3 Å². The first-order chi connectivity index (χ1) is 8.52. The van der Waals surface area contributed by atoms with Crippen molar-refractivity contribution >= 4 is 18.0 Å². The van der Waals surface area contributed by atoms with E-state index in [9.17, 15) is 9.59 Å². The molecule has 0 aliphatic heterocycles. The number of amides is 1. The second kappa shape index (κ2) is 6.44. The highest BCUT2D eigenvalue weighted by atomic mass is 16.4. The molecule has 5 heteroatoms. The quantitative estimate of drug-likeness (QED) is 0.688. The Labute approximate surface area is 105 Å². The average molecular weight is 249 g/mol. The van der Waals surface area contributed by atoms with Gasteiger partial charge in [0.15, 0.2) is 0 Å². The Morgan fingerprint density at radius 2 is 1.94 bits per heavy atom. The number of aliphatic carboxylic acids is 1. The van der Waals surface area contributed by atoms with Gasteiger partial charge in [0, 0.05) is 6.08 Å². The highest BCUT2D eigenvalue weighted by Crippen LogP contribution is 2.10. The lowest BCUT2D eigenvalue weighted by atomic mass is 10.2. The van der Waals surface area contributed by atoms with Gasteiger partial charge < -0.3 is 15.5 Å². The Balaban J connectivity index is 2.59. The number of phenols is 1. The molecule has 1 amide bonds. The standard InChI is InChI=1S/C13H15NO4/c1-2-11(13(17)18)14-12(16)8-5-9-3-6-10(15)7-4-9/h3-8,11,15H,2H2,1H3,(H,14,16)(H,17,18)/b8-5+/t11-/m0/s1. The second-order valence-electron chi connectivity index (χ2n) is 3.73. The molecule has 0 saturated carbocycles. The van der Waals surface area contributed by atoms with Crippen molar-refractivity contribution < 1.29 is 19.8 Å². The largest absolute Gasteiger partial charge is 0.508 e. The summed E-state index contributed by atoms with van der Waals surface area (Å²) in [5.74, 6) is -1.37. The fourth-order valence-corrected chi connectivity index (χ4v) is 1.32. The van der Waals surface area contributed by atoms with Crippen LogP contribution in [0.4, 0.5) is 0 Å². The molecule has 18 heavy (non-hydrogen) atoms. The number of aromatic hydroxyl groups is 1. The molecule has 0 aliphatic carbocycles. The summed E-state index contributed by atoms with van der Waals surface area (Å²) in [5.41, 5.74) is 0.742. The summed E-state index contributed by atoms with van der Waals surface area (Å²) in [5, 5.41) is 20.2. The lowest BCUT2D eigenvalue weighted by Gasteiger charge is -2.09. The minimum absolute atomic E-state index is 0.147. The molecule has 0 heterocycles. The molecule has 0 fully saturated rings. The number of benzene rings is 1. The van der Waals surface area contributed by atoms with Gasteiger partial charge in [-0.3, -0.25) is 4.79 Å². The minimum Gasteiger partial charge on any atom is -0.508 e. The first-order valence-electron chi connectivity index (χ1n) is 5.53. The van der Waals surface area contributed by atoms with Crippen molar-refractivity contribution in [2.75, 3.05) is 0 Å². The summed E-state index contributed by atoms with van der Waals surface area (Å²) in [6.07, 6.45) is 3.13. The third kappa shape index (κ3) is 4.29. The van der Waals surface area contributed by atoms with Crippen molar-refractivity contribution in [3.8, 4) is 5.75 Å². The van der Waals surface area contributed by atoms with Crippen LogP contribution in [0.3, 0.4) is 0 Å². The first kappa shape index (κ1) is 13.8. The zero-order valence-electron chi connectivity index (χ0n) is 9.96. The van der Waals surface area contributed by atoms with Gasteiger partial charge in [0.1, 0.15) is 11.8 Å². The Hall–Kier alpha value is -2.30. The fourth-order valence-electron chi connectivity index (χ4n) is 1.32. The number of carboxylic acid groups (broad SMARTS) is 1. The Bertz CT molecular complexity index is 451. The van der Waals surface area contributed by atoms with Crippen LogP contribution in [0.1, 0.15) is 18.9 Å². The molecule has 5 nitrogen and oxygen atoms in total. The molecule has 1 atom stereocenters. The van der Waals surface area contributed by atoms with Gasteiger partial charge in [-0.2, -0.15) is 0 Å². The van der Waals surface area contributed by atoms with Gasteiger partial charge in [0.05, 0.1) is 0 Å². The number of carbonyl (C=O) groups is 2. The van der Waals surface area contributed by atoms with Crippen LogP contribution >= 0.6 is 0 Å². The maximum Gasteiger partial charge on any atom is 0.326 e. The molecular weight excluding hydrogens is 234 g/mol. The van der Waals surface area contributed by atoms with Crippen molar-refractivity contribution in [3.05, 3.63) is 35.9 Å². The zero-order valence-corrected chi connectivity index (χ0v) is 9.96. The predicted molar refractivity (Wildman–Crippen MR) is 67.0 cm³/mol. The van der Waals surface area contributed by atoms with E-state index in [-0.39, 0.29) is 5.75 Å². The SMILES string of the molecule is CC[C@H](NC(=O)/C=C/c1ccc(O)cc1)C(=O)O. The van der Waals surface area contributed by atoms with Gasteiger partial charge in [-0.1, -0.05) is 19.1 Å². The summed E-state index contributed by atoms with van der Waals surface area (Å²) in [7, 11) is 0. The maximum absolute atomic E-state index is 11.4. The van der Waals surface area contributed by atoms with Crippen molar-refractivity contribution in [3.63, 3.8) is 0 Å². The van der Waals surface area contributed by atoms with E-state index in [2.05, 4.69) is 5.32 Å². The van der Waals surface area contributed by atoms with Crippen molar-refractivity contribution in [2.24, 2.45) is 0 Å². The zero-order chi connectivity index (χ0) is 13.5. The van der Waals surface area contributed by atoms with Gasteiger partial charge in [0.2, 0.25) is 5.91 Å². The Morgan fingerprint density at radius 1 is 1.33 bits per heavy atom. The molecule has 1 aromatic carbocycles. The molecule has 0 aromatic heterocycles. The normalized spacial score (nSPS) is 12.3. The number of nitrogens with one attached hydrogen (secondary N) is 1. The topological polar surface area (TPSA) is 86.6 Å². The van der Waals surface area contributed by atoms with Gasteiger partial charge in [-0.15, -0.1) is 0 Å². The molecule has 0 bridgehead atoms. The van der Waals surface area contributed by atoms with E-state index in [1.807, 2.05) is 0 Å². The van der Waals surface area contributed by atoms with E-state index in [1.54, 1.807) is 25.1 Å². The van der Waals surface area contributed by atoms with Crippen molar-refractivity contribution in [2.45, 2.75) is 19.4 Å². The third-order valence-electron chi connectivity index (χ3n) is 2.34. The van der Waals surface area contributed by atoms with Crippen LogP contribution < -0.4 is 5.32 Å². The summed E-state index contributed by atoms with van der Waals surface area (Å²) in [4.78, 5) is 22.2. The van der Waals surface area contributed by atoms with Gasteiger partial charge in [0.25, 0.3) is 0 Å². The van der Waals surface area contributed by atoms with Gasteiger partial charge in [-0.25, -0.2) is 4.79 Å². The van der Waals surface area contributed by atoms with Crippen LogP contribution in [0.5, 0.6) is 5.75 Å². The molecule has 0 radical (unpaired) electrons. The molecular formula is C13H15NO4. The molecule has 0 unspecified atom stereocenters. The number of carboxylic acids is 1. The highest BCUT2D eigenvalue weighted by molar-refractivity contribution is 5.94. The highest BCUT2D eigenvalue weighted by Gasteiger charge is 2.15. The molecule has 96 valence electrons.